The third kappa shape index (κ3) is 1.31. The maximum atomic E-state index is 10.7. The van der Waals surface area contributed by atoms with E-state index in [1.54, 1.807) is 0 Å². The fourth-order valence-electron chi connectivity index (χ4n) is 0.512. The molecule has 0 aromatic carbocycles. The molecule has 1 aliphatic rings. The van der Waals surface area contributed by atoms with Crippen LogP contribution in [0, 0.1) is 11.3 Å². The summed E-state index contributed by atoms with van der Waals surface area (Å²) < 4.78 is 10.7. The van der Waals surface area contributed by atoms with Crippen LogP contribution in [0.2, 0.25) is 0 Å². The van der Waals surface area contributed by atoms with Crippen LogP contribution in [-0.4, -0.2) is 15.2 Å². The summed E-state index contributed by atoms with van der Waals surface area (Å²) in [6.07, 6.45) is 2.13. The molecule has 0 aromatic rings. The van der Waals surface area contributed by atoms with Gasteiger partial charge in [0.05, 0.1) is 6.07 Å². The van der Waals surface area contributed by atoms with E-state index in [1.165, 1.54) is 0 Å². The Hall–Kier alpha value is -0.360. The normalized spacial score (nSPS) is 21.9. The Balaban J connectivity index is 2.26. The molecule has 1 rings (SSSR count). The van der Waals surface area contributed by atoms with E-state index >= 15 is 0 Å². The zero-order chi connectivity index (χ0) is 5.98. The average Bonchev–Trinajstić information content (AvgIpc) is 2.45. The fraction of sp³-hybridized carbons (Fsp3) is 0.800. The van der Waals surface area contributed by atoms with Crippen LogP contribution in [0.15, 0.2) is 0 Å². The molecule has 1 atom stereocenters. The molecule has 1 aliphatic carbocycles. The highest BCUT2D eigenvalue weighted by atomic mass is 32.2. The summed E-state index contributed by atoms with van der Waals surface area (Å²) in [5.41, 5.74) is 0. The molecule has 3 heteroatoms. The second kappa shape index (κ2) is 2.27. The van der Waals surface area contributed by atoms with Crippen molar-refractivity contribution in [1.82, 2.24) is 0 Å². The Bertz CT molecular complexity index is 145. The molecule has 0 radical (unpaired) electrons. The van der Waals surface area contributed by atoms with Gasteiger partial charge in [-0.1, -0.05) is 0 Å². The van der Waals surface area contributed by atoms with Crippen molar-refractivity contribution in [2.24, 2.45) is 0 Å². The second-order valence-electron chi connectivity index (χ2n) is 1.88. The van der Waals surface area contributed by atoms with Gasteiger partial charge in [0.25, 0.3) is 0 Å². The molecule has 8 heavy (non-hydrogen) atoms. The monoisotopic (exact) mass is 129 g/mol. The van der Waals surface area contributed by atoms with Crippen molar-refractivity contribution in [1.29, 1.82) is 5.26 Å². The first-order chi connectivity index (χ1) is 3.84. The fourth-order valence-corrected chi connectivity index (χ4v) is 1.54. The highest BCUT2D eigenvalue weighted by molar-refractivity contribution is 7.86. The predicted octanol–water partition coefficient (Wildman–Crippen LogP) is 0.421. The summed E-state index contributed by atoms with van der Waals surface area (Å²) in [5.74, 6) is 0.227. The van der Waals surface area contributed by atoms with E-state index in [9.17, 15) is 4.21 Å². The molecule has 1 saturated carbocycles. The van der Waals surface area contributed by atoms with Crippen LogP contribution in [0.5, 0.6) is 0 Å². The molecule has 1 fully saturated rings. The van der Waals surface area contributed by atoms with Gasteiger partial charge in [-0.05, 0) is 12.8 Å². The van der Waals surface area contributed by atoms with Crippen molar-refractivity contribution >= 4 is 10.8 Å². The molecule has 0 amide bonds. The van der Waals surface area contributed by atoms with Crippen molar-refractivity contribution < 1.29 is 4.21 Å². The Morgan fingerprint density at radius 1 is 1.75 bits per heavy atom. The number of hydrogen-bond acceptors (Lipinski definition) is 2. The zero-order valence-electron chi connectivity index (χ0n) is 4.46. The summed E-state index contributed by atoms with van der Waals surface area (Å²) in [7, 11) is -0.822. The average molecular weight is 129 g/mol. The molecule has 0 heterocycles. The van der Waals surface area contributed by atoms with Crippen LogP contribution >= 0.6 is 0 Å². The smallest absolute Gasteiger partial charge is 0.111 e. The molecule has 0 bridgehead atoms. The van der Waals surface area contributed by atoms with E-state index in [4.69, 9.17) is 5.26 Å². The van der Waals surface area contributed by atoms with Gasteiger partial charge in [0, 0.05) is 16.0 Å². The highest BCUT2D eigenvalue weighted by Gasteiger charge is 2.27. The first-order valence-electron chi connectivity index (χ1n) is 2.58. The molecule has 0 saturated heterocycles. The Labute approximate surface area is 51.0 Å². The highest BCUT2D eigenvalue weighted by Crippen LogP contribution is 2.25. The van der Waals surface area contributed by atoms with Gasteiger partial charge in [0.2, 0.25) is 0 Å². The van der Waals surface area contributed by atoms with Gasteiger partial charge in [-0.25, -0.2) is 0 Å². The maximum absolute atomic E-state index is 10.7. The van der Waals surface area contributed by atoms with Crippen LogP contribution in [-0.2, 0) is 10.8 Å². The first-order valence-corrected chi connectivity index (χ1v) is 3.97. The van der Waals surface area contributed by atoms with Crippen LogP contribution in [0.1, 0.15) is 12.8 Å². The van der Waals surface area contributed by atoms with E-state index < -0.39 is 10.8 Å². The number of rotatable bonds is 2. The molecule has 0 spiro atoms. The Kier molecular flexibility index (Phi) is 1.64. The minimum absolute atomic E-state index is 0.227. The largest absolute Gasteiger partial charge is 0.258 e. The van der Waals surface area contributed by atoms with Gasteiger partial charge in [0.15, 0.2) is 0 Å². The lowest BCUT2D eigenvalue weighted by Crippen LogP contribution is -1.99. The standard InChI is InChI=1S/C5H7NOS/c6-3-4-8(7)5-1-2-5/h5H,1-2,4H2. The number of nitrogens with zero attached hydrogens (tertiary/aromatic N) is 1. The third-order valence-corrected chi connectivity index (χ3v) is 2.73. The van der Waals surface area contributed by atoms with Crippen molar-refractivity contribution in [2.45, 2.75) is 18.1 Å². The quantitative estimate of drug-likeness (QED) is 0.542. The van der Waals surface area contributed by atoms with E-state index in [0.717, 1.165) is 12.8 Å². The van der Waals surface area contributed by atoms with E-state index in [-0.39, 0.29) is 5.75 Å². The minimum Gasteiger partial charge on any atom is -0.258 e. The molecule has 0 aliphatic heterocycles. The molecule has 2 nitrogen and oxygen atoms in total. The maximum Gasteiger partial charge on any atom is 0.111 e. The van der Waals surface area contributed by atoms with Crippen LogP contribution in [0.3, 0.4) is 0 Å². The third-order valence-electron chi connectivity index (χ3n) is 1.10. The molecule has 44 valence electrons. The summed E-state index contributed by atoms with van der Waals surface area (Å²) >= 11 is 0. The van der Waals surface area contributed by atoms with Gasteiger partial charge in [-0.15, -0.1) is 0 Å². The number of nitriles is 1. The van der Waals surface area contributed by atoms with Gasteiger partial charge in [0.1, 0.15) is 5.75 Å². The van der Waals surface area contributed by atoms with E-state index in [0.29, 0.717) is 5.25 Å². The van der Waals surface area contributed by atoms with Crippen LogP contribution in [0.4, 0.5) is 0 Å². The summed E-state index contributed by atoms with van der Waals surface area (Å²) in [4.78, 5) is 0. The Morgan fingerprint density at radius 2 is 2.38 bits per heavy atom. The van der Waals surface area contributed by atoms with Gasteiger partial charge in [-0.3, -0.25) is 4.21 Å². The van der Waals surface area contributed by atoms with Gasteiger partial charge in [-0.2, -0.15) is 5.26 Å². The van der Waals surface area contributed by atoms with Gasteiger partial charge < -0.3 is 0 Å². The lowest BCUT2D eigenvalue weighted by atomic mass is 10.9. The Morgan fingerprint density at radius 3 is 2.75 bits per heavy atom. The lowest BCUT2D eigenvalue weighted by molar-refractivity contribution is 0.684. The van der Waals surface area contributed by atoms with Crippen molar-refractivity contribution in [3.05, 3.63) is 0 Å². The van der Waals surface area contributed by atoms with Crippen molar-refractivity contribution in [3.63, 3.8) is 0 Å². The van der Waals surface area contributed by atoms with E-state index in [1.807, 2.05) is 6.07 Å². The molecular weight excluding hydrogens is 122 g/mol. The zero-order valence-corrected chi connectivity index (χ0v) is 5.28. The topological polar surface area (TPSA) is 40.9 Å². The molecule has 1 unspecified atom stereocenters. The summed E-state index contributed by atoms with van der Waals surface area (Å²) in [6.45, 7) is 0. The summed E-state index contributed by atoms with van der Waals surface area (Å²) in [5, 5.41) is 8.44. The first kappa shape index (κ1) is 5.77. The SMILES string of the molecule is N#CCS(=O)C1CC1. The molecule has 0 aromatic heterocycles. The van der Waals surface area contributed by atoms with Crippen LogP contribution < -0.4 is 0 Å². The molecular formula is C5H7NOS. The van der Waals surface area contributed by atoms with Crippen molar-refractivity contribution in [3.8, 4) is 6.07 Å². The minimum atomic E-state index is -0.822. The van der Waals surface area contributed by atoms with Crippen molar-refractivity contribution in [2.75, 3.05) is 5.75 Å². The van der Waals surface area contributed by atoms with Gasteiger partial charge >= 0.3 is 0 Å². The second-order valence-corrected chi connectivity index (χ2v) is 3.60. The number of hydrogen-bond donors (Lipinski definition) is 0. The van der Waals surface area contributed by atoms with E-state index in [2.05, 4.69) is 0 Å². The van der Waals surface area contributed by atoms with Crippen LogP contribution in [0.25, 0.3) is 0 Å². The molecule has 0 N–H and O–H groups in total. The summed E-state index contributed by atoms with van der Waals surface area (Å²) in [6, 6.07) is 1.89. The predicted molar refractivity (Wildman–Crippen MR) is 31.6 cm³/mol. The lowest BCUT2D eigenvalue weighted by Gasteiger charge is -1.85.